The molecular weight excluding hydrogens is 252 g/mol. The first-order chi connectivity index (χ1) is 9.70. The third-order valence-corrected chi connectivity index (χ3v) is 2.91. The molecule has 0 aliphatic carbocycles. The van der Waals surface area contributed by atoms with E-state index in [0.29, 0.717) is 12.3 Å². The second-order valence-electron chi connectivity index (χ2n) is 4.43. The zero-order chi connectivity index (χ0) is 14.4. The molecule has 0 spiro atoms. The summed E-state index contributed by atoms with van der Waals surface area (Å²) in [5, 5.41) is 0. The van der Waals surface area contributed by atoms with Gasteiger partial charge in [-0.3, -0.25) is 9.78 Å². The molecule has 0 bridgehead atoms. The van der Waals surface area contributed by atoms with E-state index in [-0.39, 0.29) is 12.4 Å². The van der Waals surface area contributed by atoms with Crippen molar-refractivity contribution in [3.63, 3.8) is 0 Å². The van der Waals surface area contributed by atoms with Gasteiger partial charge in [-0.25, -0.2) is 0 Å². The lowest BCUT2D eigenvalue weighted by Gasteiger charge is -2.11. The largest absolute Gasteiger partial charge is 0.466 e. The Kier molecular flexibility index (Phi) is 4.85. The molecule has 0 aliphatic heterocycles. The summed E-state index contributed by atoms with van der Waals surface area (Å²) < 4.78 is 4.90. The Morgan fingerprint density at radius 1 is 1.20 bits per heavy atom. The van der Waals surface area contributed by atoms with Crippen LogP contribution in [-0.4, -0.2) is 17.6 Å². The molecule has 0 fully saturated rings. The van der Waals surface area contributed by atoms with Gasteiger partial charge in [-0.05, 0) is 19.1 Å². The zero-order valence-corrected chi connectivity index (χ0v) is 11.5. The van der Waals surface area contributed by atoms with Crippen LogP contribution in [0.5, 0.6) is 0 Å². The van der Waals surface area contributed by atoms with Crippen LogP contribution in [0.1, 0.15) is 25.1 Å². The summed E-state index contributed by atoms with van der Waals surface area (Å²) in [6, 6.07) is 15.1. The molecule has 4 heteroatoms. The fraction of sp³-hybridized carbons (Fsp3) is 0.250. The first-order valence-corrected chi connectivity index (χ1v) is 6.64. The number of carbonyl (C=O) groups is 1. The van der Waals surface area contributed by atoms with Crippen molar-refractivity contribution in [2.75, 3.05) is 6.61 Å². The number of pyridine rings is 1. The van der Waals surface area contributed by atoms with Crippen LogP contribution in [0.25, 0.3) is 11.3 Å². The molecule has 1 aromatic carbocycles. The minimum atomic E-state index is -0.447. The Hall–Kier alpha value is -2.20. The van der Waals surface area contributed by atoms with E-state index in [1.165, 1.54) is 0 Å². The fourth-order valence-electron chi connectivity index (χ4n) is 1.93. The predicted octanol–water partition coefficient (Wildman–Crippen LogP) is 2.70. The quantitative estimate of drug-likeness (QED) is 0.848. The lowest BCUT2D eigenvalue weighted by molar-refractivity contribution is -0.143. The van der Waals surface area contributed by atoms with Gasteiger partial charge in [0.25, 0.3) is 0 Å². The number of esters is 1. The minimum Gasteiger partial charge on any atom is -0.466 e. The molecule has 0 radical (unpaired) electrons. The molecule has 0 aliphatic rings. The third-order valence-electron chi connectivity index (χ3n) is 2.91. The molecule has 1 aromatic heterocycles. The lowest BCUT2D eigenvalue weighted by Crippen LogP contribution is -2.18. The number of nitrogens with two attached hydrogens (primary N) is 1. The Balaban J connectivity index is 2.15. The van der Waals surface area contributed by atoms with Crippen LogP contribution < -0.4 is 5.73 Å². The van der Waals surface area contributed by atoms with E-state index in [2.05, 4.69) is 4.98 Å². The van der Waals surface area contributed by atoms with Crippen molar-refractivity contribution >= 4 is 5.97 Å². The molecule has 2 N–H and O–H groups in total. The van der Waals surface area contributed by atoms with Gasteiger partial charge in [0, 0.05) is 5.56 Å². The molecule has 2 rings (SSSR count). The first-order valence-electron chi connectivity index (χ1n) is 6.64. The normalized spacial score (nSPS) is 11.9. The molecule has 0 saturated heterocycles. The summed E-state index contributed by atoms with van der Waals surface area (Å²) in [5.41, 5.74) is 8.58. The van der Waals surface area contributed by atoms with Crippen LogP contribution in [0.2, 0.25) is 0 Å². The number of rotatable bonds is 5. The summed E-state index contributed by atoms with van der Waals surface area (Å²) in [6.07, 6.45) is 0.138. The highest BCUT2D eigenvalue weighted by molar-refractivity contribution is 5.70. The number of carbonyl (C=O) groups excluding carboxylic acids is 1. The van der Waals surface area contributed by atoms with Gasteiger partial charge in [-0.2, -0.15) is 0 Å². The number of hydrogen-bond acceptors (Lipinski definition) is 4. The van der Waals surface area contributed by atoms with Gasteiger partial charge in [0.1, 0.15) is 0 Å². The number of nitrogens with zero attached hydrogens (tertiary/aromatic N) is 1. The Bertz CT molecular complexity index is 570. The highest BCUT2D eigenvalue weighted by Crippen LogP contribution is 2.19. The van der Waals surface area contributed by atoms with E-state index in [1.807, 2.05) is 48.5 Å². The molecule has 4 nitrogen and oxygen atoms in total. The van der Waals surface area contributed by atoms with Crippen LogP contribution in [-0.2, 0) is 9.53 Å². The lowest BCUT2D eigenvalue weighted by atomic mass is 10.1. The van der Waals surface area contributed by atoms with Crippen LogP contribution in [0.15, 0.2) is 48.5 Å². The highest BCUT2D eigenvalue weighted by Gasteiger charge is 2.14. The number of ether oxygens (including phenoxy) is 1. The van der Waals surface area contributed by atoms with E-state index < -0.39 is 6.04 Å². The molecule has 0 saturated carbocycles. The van der Waals surface area contributed by atoms with Gasteiger partial charge in [0.2, 0.25) is 0 Å². The average Bonchev–Trinajstić information content (AvgIpc) is 2.48. The van der Waals surface area contributed by atoms with Crippen molar-refractivity contribution in [3.8, 4) is 11.3 Å². The molecule has 104 valence electrons. The Labute approximate surface area is 118 Å². The summed E-state index contributed by atoms with van der Waals surface area (Å²) in [5.74, 6) is -0.299. The van der Waals surface area contributed by atoms with Gasteiger partial charge in [-0.1, -0.05) is 36.4 Å². The maximum absolute atomic E-state index is 11.5. The Morgan fingerprint density at radius 3 is 2.65 bits per heavy atom. The second-order valence-corrected chi connectivity index (χ2v) is 4.43. The van der Waals surface area contributed by atoms with Crippen LogP contribution in [0.4, 0.5) is 0 Å². The van der Waals surface area contributed by atoms with Crippen LogP contribution >= 0.6 is 0 Å². The third kappa shape index (κ3) is 3.65. The topological polar surface area (TPSA) is 65.2 Å². The standard InChI is InChI=1S/C16H18N2O2/c1-2-20-16(19)11-13(17)15-10-6-9-14(18-15)12-7-4-3-5-8-12/h3-10,13H,2,11,17H2,1H3. The van der Waals surface area contributed by atoms with E-state index >= 15 is 0 Å². The highest BCUT2D eigenvalue weighted by atomic mass is 16.5. The van der Waals surface area contributed by atoms with E-state index in [1.54, 1.807) is 6.92 Å². The second kappa shape index (κ2) is 6.82. The van der Waals surface area contributed by atoms with Gasteiger partial charge in [0.05, 0.1) is 30.5 Å². The zero-order valence-electron chi connectivity index (χ0n) is 11.5. The molecule has 0 amide bonds. The van der Waals surface area contributed by atoms with Crippen molar-refractivity contribution < 1.29 is 9.53 Å². The number of aromatic nitrogens is 1. The summed E-state index contributed by atoms with van der Waals surface area (Å²) in [4.78, 5) is 16.0. The Morgan fingerprint density at radius 2 is 1.95 bits per heavy atom. The minimum absolute atomic E-state index is 0.138. The molecule has 1 atom stereocenters. The van der Waals surface area contributed by atoms with E-state index in [9.17, 15) is 4.79 Å². The van der Waals surface area contributed by atoms with E-state index in [0.717, 1.165) is 11.3 Å². The average molecular weight is 270 g/mol. The first kappa shape index (κ1) is 14.2. The van der Waals surface area contributed by atoms with Crippen molar-refractivity contribution in [3.05, 3.63) is 54.2 Å². The fourth-order valence-corrected chi connectivity index (χ4v) is 1.93. The number of benzene rings is 1. The van der Waals surface area contributed by atoms with Crippen molar-refractivity contribution in [2.45, 2.75) is 19.4 Å². The van der Waals surface area contributed by atoms with Crippen molar-refractivity contribution in [2.24, 2.45) is 5.73 Å². The van der Waals surface area contributed by atoms with E-state index in [4.69, 9.17) is 10.5 Å². The van der Waals surface area contributed by atoms with Crippen molar-refractivity contribution in [1.82, 2.24) is 4.98 Å². The molecule has 2 aromatic rings. The summed E-state index contributed by atoms with van der Waals surface area (Å²) >= 11 is 0. The number of hydrogen-bond donors (Lipinski definition) is 1. The predicted molar refractivity (Wildman–Crippen MR) is 77.9 cm³/mol. The monoisotopic (exact) mass is 270 g/mol. The molecule has 1 unspecified atom stereocenters. The maximum atomic E-state index is 11.5. The SMILES string of the molecule is CCOC(=O)CC(N)c1cccc(-c2ccccc2)n1. The van der Waals surface area contributed by atoms with Crippen molar-refractivity contribution in [1.29, 1.82) is 0 Å². The molecule has 20 heavy (non-hydrogen) atoms. The molecule has 1 heterocycles. The van der Waals surface area contributed by atoms with Crippen LogP contribution in [0.3, 0.4) is 0 Å². The van der Waals surface area contributed by atoms with Gasteiger partial charge in [-0.15, -0.1) is 0 Å². The van der Waals surface area contributed by atoms with Gasteiger partial charge >= 0.3 is 5.97 Å². The van der Waals surface area contributed by atoms with Gasteiger partial charge in [0.15, 0.2) is 0 Å². The maximum Gasteiger partial charge on any atom is 0.307 e. The summed E-state index contributed by atoms with van der Waals surface area (Å²) in [7, 11) is 0. The van der Waals surface area contributed by atoms with Gasteiger partial charge < -0.3 is 10.5 Å². The smallest absolute Gasteiger partial charge is 0.307 e. The molecular formula is C16H18N2O2. The van der Waals surface area contributed by atoms with Crippen LogP contribution in [0, 0.1) is 0 Å². The summed E-state index contributed by atoms with van der Waals surface area (Å²) in [6.45, 7) is 2.14.